The van der Waals surface area contributed by atoms with Crippen LogP contribution in [0.4, 0.5) is 4.79 Å². The van der Waals surface area contributed by atoms with Crippen LogP contribution < -0.4 is 10.9 Å². The van der Waals surface area contributed by atoms with Crippen molar-refractivity contribution in [1.82, 2.24) is 14.9 Å². The van der Waals surface area contributed by atoms with Crippen molar-refractivity contribution in [3.05, 3.63) is 69.3 Å². The van der Waals surface area contributed by atoms with Crippen molar-refractivity contribution in [2.75, 3.05) is 45.3 Å². The fourth-order valence-electron chi connectivity index (χ4n) is 6.35. The first-order valence-corrected chi connectivity index (χ1v) is 19.2. The number of para-hydroxylation sites is 1. The molecule has 3 aromatic rings. The van der Waals surface area contributed by atoms with E-state index >= 15 is 0 Å². The van der Waals surface area contributed by atoms with Crippen molar-refractivity contribution < 1.29 is 38.1 Å². The lowest BCUT2D eigenvalue weighted by Gasteiger charge is -2.35. The van der Waals surface area contributed by atoms with Gasteiger partial charge < -0.3 is 29.0 Å². The Morgan fingerprint density at radius 2 is 1.90 bits per heavy atom. The highest BCUT2D eigenvalue weighted by Gasteiger charge is 2.51. The van der Waals surface area contributed by atoms with E-state index in [1.807, 2.05) is 51.9 Å². The summed E-state index contributed by atoms with van der Waals surface area (Å²) < 4.78 is 28.8. The molecular weight excluding hydrogens is 671 g/mol. The quantitative estimate of drug-likeness (QED) is 0.0952. The average Bonchev–Trinajstić information content (AvgIpc) is 3.75. The summed E-state index contributed by atoms with van der Waals surface area (Å²) in [7, 11) is 3.91. The molecule has 0 bridgehead atoms. The molecule has 0 spiro atoms. The van der Waals surface area contributed by atoms with Gasteiger partial charge in [0.25, 0.3) is 5.56 Å². The number of carbonyl (C=O) groups is 3. The highest BCUT2D eigenvalue weighted by molar-refractivity contribution is 8.77. The Bertz CT molecular complexity index is 1740. The van der Waals surface area contributed by atoms with E-state index in [9.17, 15) is 19.2 Å². The SMILES string of the molecule is CCC1(OC(=O)OCCOCCOCCNC(=O)CCCCC2CCSS2)C(=O)OCc2c1cc1n(c2=O)-c2cc3ccccc3nc2C1. The number of esters is 1. The highest BCUT2D eigenvalue weighted by Crippen LogP contribution is 2.41. The number of hydrogen-bond donors (Lipinski definition) is 1. The molecule has 49 heavy (non-hydrogen) atoms. The Labute approximate surface area is 292 Å². The summed E-state index contributed by atoms with van der Waals surface area (Å²) in [6.07, 6.45) is 4.32. The van der Waals surface area contributed by atoms with Crippen LogP contribution in [0, 0.1) is 0 Å². The smallest absolute Gasteiger partial charge is 0.457 e. The number of ether oxygens (including phenoxy) is 5. The molecule has 0 saturated carbocycles. The zero-order valence-electron chi connectivity index (χ0n) is 27.5. The first-order chi connectivity index (χ1) is 23.9. The molecule has 3 aliphatic heterocycles. The van der Waals surface area contributed by atoms with Gasteiger partial charge in [0.2, 0.25) is 11.5 Å². The van der Waals surface area contributed by atoms with Crippen LogP contribution in [0.5, 0.6) is 0 Å². The summed E-state index contributed by atoms with van der Waals surface area (Å²) in [5.74, 6) is 0.517. The summed E-state index contributed by atoms with van der Waals surface area (Å²) in [5.41, 5.74) is 1.29. The second kappa shape index (κ2) is 16.4. The third-order valence-corrected chi connectivity index (χ3v) is 11.9. The van der Waals surface area contributed by atoms with Gasteiger partial charge in [-0.15, -0.1) is 0 Å². The van der Waals surface area contributed by atoms with E-state index < -0.39 is 17.7 Å². The number of amides is 1. The fraction of sp³-hybridized carbons (Fsp3) is 0.514. The van der Waals surface area contributed by atoms with Crippen molar-refractivity contribution in [2.24, 2.45) is 0 Å². The van der Waals surface area contributed by atoms with Gasteiger partial charge in [0, 0.05) is 47.0 Å². The van der Waals surface area contributed by atoms with Gasteiger partial charge >= 0.3 is 12.1 Å². The van der Waals surface area contributed by atoms with Crippen LogP contribution in [0.15, 0.2) is 41.2 Å². The van der Waals surface area contributed by atoms with Crippen molar-refractivity contribution in [2.45, 2.75) is 69.3 Å². The van der Waals surface area contributed by atoms with Crippen molar-refractivity contribution >= 4 is 50.5 Å². The lowest BCUT2D eigenvalue weighted by Crippen LogP contribution is -2.47. The van der Waals surface area contributed by atoms with Crippen molar-refractivity contribution in [3.8, 4) is 5.69 Å². The minimum Gasteiger partial charge on any atom is -0.457 e. The highest BCUT2D eigenvalue weighted by atomic mass is 33.1. The standard InChI is InChI=1S/C35H41N3O9S2/c1-2-35(47-34(42)45-17-16-44-15-14-43-13-12-36-31(39)10-6-4-8-25-11-18-48-49-25)27-20-24-21-29-30(19-23-7-3-5-9-28(23)37-29)38(24)32(40)26(27)22-46-33(35)41/h3,5,7,9,19-20,25H,2,4,6,8,10-18,21-22H2,1H3,(H,36,39). The maximum absolute atomic E-state index is 13.8. The second-order valence-corrected chi connectivity index (χ2v) is 14.9. The van der Waals surface area contributed by atoms with Gasteiger partial charge in [-0.1, -0.05) is 53.1 Å². The first-order valence-electron chi connectivity index (χ1n) is 16.8. The Balaban J connectivity index is 0.928. The van der Waals surface area contributed by atoms with E-state index in [-0.39, 0.29) is 49.9 Å². The molecule has 1 aromatic carbocycles. The number of carbonyl (C=O) groups excluding carboxylic acids is 3. The molecule has 262 valence electrons. The molecule has 1 saturated heterocycles. The molecule has 1 N–H and O–H groups in total. The van der Waals surface area contributed by atoms with Crippen molar-refractivity contribution in [3.63, 3.8) is 0 Å². The zero-order chi connectivity index (χ0) is 34.2. The van der Waals surface area contributed by atoms with E-state index in [0.29, 0.717) is 49.5 Å². The number of unbranched alkanes of at least 4 members (excludes halogenated alkanes) is 1. The van der Waals surface area contributed by atoms with Gasteiger partial charge in [0.1, 0.15) is 13.2 Å². The van der Waals surface area contributed by atoms with Crippen LogP contribution in [0.2, 0.25) is 0 Å². The Kier molecular flexibility index (Phi) is 11.8. The summed E-state index contributed by atoms with van der Waals surface area (Å²) in [4.78, 5) is 56.5. The Morgan fingerprint density at radius 3 is 2.71 bits per heavy atom. The number of nitrogens with zero attached hydrogens (tertiary/aromatic N) is 2. The van der Waals surface area contributed by atoms with E-state index in [0.717, 1.165) is 34.7 Å². The summed E-state index contributed by atoms with van der Waals surface area (Å²) in [6, 6.07) is 11.4. The van der Waals surface area contributed by atoms with Crippen LogP contribution in [-0.4, -0.2) is 78.2 Å². The van der Waals surface area contributed by atoms with Crippen molar-refractivity contribution in [1.29, 1.82) is 0 Å². The molecule has 1 amide bonds. The third kappa shape index (κ3) is 8.08. The van der Waals surface area contributed by atoms with Gasteiger partial charge in [-0.25, -0.2) is 9.59 Å². The van der Waals surface area contributed by atoms with Gasteiger partial charge in [0.15, 0.2) is 0 Å². The lowest BCUT2D eigenvalue weighted by atomic mass is 9.85. The second-order valence-electron chi connectivity index (χ2n) is 12.1. The minimum atomic E-state index is -1.83. The summed E-state index contributed by atoms with van der Waals surface area (Å²) in [5, 5.41) is 4.52. The maximum atomic E-state index is 13.8. The number of nitrogens with one attached hydrogen (secondary N) is 1. The Morgan fingerprint density at radius 1 is 1.08 bits per heavy atom. The number of rotatable bonds is 16. The number of pyridine rings is 2. The number of aromatic nitrogens is 2. The number of hydrogen-bond acceptors (Lipinski definition) is 12. The molecule has 12 nitrogen and oxygen atoms in total. The monoisotopic (exact) mass is 711 g/mol. The van der Waals surface area contributed by atoms with E-state index in [1.165, 1.54) is 18.6 Å². The fourth-order valence-corrected chi connectivity index (χ4v) is 9.38. The minimum absolute atomic E-state index is 0.0408. The van der Waals surface area contributed by atoms with E-state index in [2.05, 4.69) is 5.32 Å². The van der Waals surface area contributed by atoms with Gasteiger partial charge in [-0.3, -0.25) is 19.1 Å². The predicted molar refractivity (Wildman–Crippen MR) is 186 cm³/mol. The third-order valence-electron chi connectivity index (χ3n) is 8.92. The maximum Gasteiger partial charge on any atom is 0.509 e. The first kappa shape index (κ1) is 35.2. The molecule has 6 rings (SSSR count). The summed E-state index contributed by atoms with van der Waals surface area (Å²) in [6.45, 7) is 2.81. The molecule has 0 aliphatic carbocycles. The van der Waals surface area contributed by atoms with Crippen LogP contribution in [-0.2, 0) is 51.9 Å². The van der Waals surface area contributed by atoms with Crippen LogP contribution >= 0.6 is 21.6 Å². The molecule has 2 unspecified atom stereocenters. The molecule has 14 heteroatoms. The predicted octanol–water partition coefficient (Wildman–Crippen LogP) is 4.97. The van der Waals surface area contributed by atoms with Gasteiger partial charge in [0.05, 0.1) is 48.9 Å². The average molecular weight is 712 g/mol. The van der Waals surface area contributed by atoms with Gasteiger partial charge in [-0.2, -0.15) is 0 Å². The van der Waals surface area contributed by atoms with Crippen LogP contribution in [0.25, 0.3) is 16.6 Å². The van der Waals surface area contributed by atoms with E-state index in [1.54, 1.807) is 17.6 Å². The molecule has 2 atom stereocenters. The molecule has 3 aliphatic rings. The van der Waals surface area contributed by atoms with Gasteiger partial charge in [-0.05, 0) is 43.9 Å². The zero-order valence-corrected chi connectivity index (χ0v) is 29.2. The molecule has 5 heterocycles. The molecule has 2 aromatic heterocycles. The van der Waals surface area contributed by atoms with E-state index in [4.69, 9.17) is 28.7 Å². The molecule has 1 fully saturated rings. The lowest BCUT2D eigenvalue weighted by molar-refractivity contribution is -0.175. The molecular formula is C35H41N3O9S2. The number of benzene rings is 1. The Hall–Kier alpha value is -3.59. The molecule has 0 radical (unpaired) electrons. The summed E-state index contributed by atoms with van der Waals surface area (Å²) >= 11 is 0. The van der Waals surface area contributed by atoms with Crippen LogP contribution in [0.1, 0.15) is 68.0 Å². The van der Waals surface area contributed by atoms with Crippen LogP contribution in [0.3, 0.4) is 0 Å². The number of fused-ring (bicyclic) bond motifs is 5. The largest absolute Gasteiger partial charge is 0.509 e. The topological polar surface area (TPSA) is 144 Å². The normalized spacial score (nSPS) is 19.2. The number of cyclic esters (lactones) is 1.